The molecule has 4 rings (SSSR count). The maximum absolute atomic E-state index is 13.1. The molecule has 0 bridgehead atoms. The third-order valence-corrected chi connectivity index (χ3v) is 5.63. The zero-order valence-corrected chi connectivity index (χ0v) is 18.2. The van der Waals surface area contributed by atoms with Gasteiger partial charge in [-0.15, -0.1) is 0 Å². The van der Waals surface area contributed by atoms with Gasteiger partial charge in [-0.25, -0.2) is 4.68 Å². The first-order valence-electron chi connectivity index (χ1n) is 10.5. The van der Waals surface area contributed by atoms with Crippen LogP contribution in [0.2, 0.25) is 0 Å². The molecule has 156 valence electrons. The van der Waals surface area contributed by atoms with Crippen LogP contribution in [0.15, 0.2) is 84.9 Å². The first kappa shape index (κ1) is 20.6. The van der Waals surface area contributed by atoms with Crippen LogP contribution in [-0.2, 0) is 11.2 Å². The van der Waals surface area contributed by atoms with Crippen molar-refractivity contribution in [2.75, 3.05) is 0 Å². The number of benzene rings is 3. The summed E-state index contributed by atoms with van der Waals surface area (Å²) < 4.78 is 1.91. The Kier molecular flexibility index (Phi) is 5.99. The summed E-state index contributed by atoms with van der Waals surface area (Å²) in [5, 5.41) is 7.92. The number of aryl methyl sites for hydroxylation is 2. The summed E-state index contributed by atoms with van der Waals surface area (Å²) in [6.45, 7) is 6.05. The maximum Gasteiger partial charge on any atom is 0.225 e. The molecule has 4 heteroatoms. The normalized spacial score (nSPS) is 11.8. The molecule has 0 aliphatic rings. The number of para-hydroxylation sites is 1. The molecule has 0 saturated carbocycles. The third kappa shape index (κ3) is 4.58. The molecule has 1 atom stereocenters. The van der Waals surface area contributed by atoms with Gasteiger partial charge < -0.3 is 5.32 Å². The fraction of sp³-hybridized carbons (Fsp3) is 0.185. The minimum absolute atomic E-state index is 0.0201. The first-order chi connectivity index (χ1) is 15.0. The molecule has 1 N–H and O–H groups in total. The third-order valence-electron chi connectivity index (χ3n) is 5.63. The van der Waals surface area contributed by atoms with Crippen LogP contribution in [0.1, 0.15) is 39.7 Å². The molecule has 0 aliphatic heterocycles. The summed E-state index contributed by atoms with van der Waals surface area (Å²) in [7, 11) is 0. The molecule has 4 aromatic rings. The second kappa shape index (κ2) is 9.00. The van der Waals surface area contributed by atoms with Crippen molar-refractivity contribution in [3.63, 3.8) is 0 Å². The van der Waals surface area contributed by atoms with Gasteiger partial charge in [0.25, 0.3) is 0 Å². The standard InChI is InChI=1S/C27H27N3O/c1-19-14-16-23(17-15-19)27(22-10-6-4-7-11-22)28-26(31)18-25-20(2)29-30(21(25)3)24-12-8-5-9-13-24/h4-17,27H,18H2,1-3H3,(H,28,31). The molecule has 31 heavy (non-hydrogen) atoms. The minimum atomic E-state index is -0.195. The number of hydrogen-bond donors (Lipinski definition) is 1. The predicted molar refractivity (Wildman–Crippen MR) is 124 cm³/mol. The molecule has 3 aromatic carbocycles. The van der Waals surface area contributed by atoms with Crippen molar-refractivity contribution in [3.05, 3.63) is 119 Å². The second-order valence-electron chi connectivity index (χ2n) is 7.90. The zero-order chi connectivity index (χ0) is 21.8. The van der Waals surface area contributed by atoms with E-state index in [1.807, 2.05) is 67.1 Å². The Balaban J connectivity index is 1.59. The van der Waals surface area contributed by atoms with Gasteiger partial charge >= 0.3 is 0 Å². The lowest BCUT2D eigenvalue weighted by atomic mass is 9.97. The number of nitrogens with one attached hydrogen (secondary N) is 1. The van der Waals surface area contributed by atoms with Gasteiger partial charge in [-0.05, 0) is 44.0 Å². The van der Waals surface area contributed by atoms with E-state index in [9.17, 15) is 4.79 Å². The van der Waals surface area contributed by atoms with Gasteiger partial charge in [-0.1, -0.05) is 78.4 Å². The van der Waals surface area contributed by atoms with E-state index in [2.05, 4.69) is 53.7 Å². The Morgan fingerprint density at radius 1 is 0.839 bits per heavy atom. The zero-order valence-electron chi connectivity index (χ0n) is 18.2. The van der Waals surface area contributed by atoms with Crippen molar-refractivity contribution in [1.29, 1.82) is 0 Å². The highest BCUT2D eigenvalue weighted by molar-refractivity contribution is 5.80. The van der Waals surface area contributed by atoms with Crippen molar-refractivity contribution in [3.8, 4) is 5.69 Å². The topological polar surface area (TPSA) is 46.9 Å². The lowest BCUT2D eigenvalue weighted by molar-refractivity contribution is -0.121. The van der Waals surface area contributed by atoms with Crippen molar-refractivity contribution < 1.29 is 4.79 Å². The van der Waals surface area contributed by atoms with E-state index in [4.69, 9.17) is 0 Å². The second-order valence-corrected chi connectivity index (χ2v) is 7.90. The van der Waals surface area contributed by atoms with Gasteiger partial charge in [-0.3, -0.25) is 4.79 Å². The van der Waals surface area contributed by atoms with E-state index in [1.165, 1.54) is 5.56 Å². The molecule has 1 unspecified atom stereocenters. The molecule has 0 saturated heterocycles. The van der Waals surface area contributed by atoms with Gasteiger partial charge in [-0.2, -0.15) is 5.10 Å². The highest BCUT2D eigenvalue weighted by Gasteiger charge is 2.20. The summed E-state index contributed by atoms with van der Waals surface area (Å²) in [6, 6.07) is 28.2. The van der Waals surface area contributed by atoms with E-state index < -0.39 is 0 Å². The summed E-state index contributed by atoms with van der Waals surface area (Å²) in [5.41, 5.74) is 7.16. The van der Waals surface area contributed by atoms with Gasteiger partial charge in [0, 0.05) is 11.3 Å². The van der Waals surface area contributed by atoms with Crippen LogP contribution in [0.3, 0.4) is 0 Å². The van der Waals surface area contributed by atoms with Gasteiger partial charge in [0.2, 0.25) is 5.91 Å². The van der Waals surface area contributed by atoms with E-state index in [-0.39, 0.29) is 11.9 Å². The average molecular weight is 410 g/mol. The number of carbonyl (C=O) groups is 1. The molecular weight excluding hydrogens is 382 g/mol. The Bertz CT molecular complexity index is 1160. The maximum atomic E-state index is 13.1. The lowest BCUT2D eigenvalue weighted by Gasteiger charge is -2.20. The summed E-state index contributed by atoms with van der Waals surface area (Å²) in [4.78, 5) is 13.1. The highest BCUT2D eigenvalue weighted by Crippen LogP contribution is 2.24. The SMILES string of the molecule is Cc1ccc(C(NC(=O)Cc2c(C)nn(-c3ccccc3)c2C)c2ccccc2)cc1. The fourth-order valence-corrected chi connectivity index (χ4v) is 3.89. The van der Waals surface area contributed by atoms with E-state index in [1.54, 1.807) is 0 Å². The Hall–Kier alpha value is -3.66. The molecule has 1 amide bonds. The van der Waals surface area contributed by atoms with Crippen LogP contribution >= 0.6 is 0 Å². The Morgan fingerprint density at radius 3 is 2.06 bits per heavy atom. The molecule has 4 nitrogen and oxygen atoms in total. The summed E-state index contributed by atoms with van der Waals surface area (Å²) >= 11 is 0. The molecule has 0 spiro atoms. The molecule has 1 heterocycles. The van der Waals surface area contributed by atoms with E-state index in [0.717, 1.165) is 33.8 Å². The van der Waals surface area contributed by atoms with Crippen molar-refractivity contribution >= 4 is 5.91 Å². The molecule has 1 aromatic heterocycles. The number of rotatable bonds is 6. The summed E-state index contributed by atoms with van der Waals surface area (Å²) in [6.07, 6.45) is 0.291. The number of aromatic nitrogens is 2. The minimum Gasteiger partial charge on any atom is -0.345 e. The highest BCUT2D eigenvalue weighted by atomic mass is 16.1. The van der Waals surface area contributed by atoms with Crippen LogP contribution < -0.4 is 5.32 Å². The number of nitrogens with zero attached hydrogens (tertiary/aromatic N) is 2. The molecule has 0 fully saturated rings. The summed E-state index contributed by atoms with van der Waals surface area (Å²) in [5.74, 6) is -0.0201. The number of amides is 1. The first-order valence-corrected chi connectivity index (χ1v) is 10.5. The van der Waals surface area contributed by atoms with Crippen molar-refractivity contribution in [2.24, 2.45) is 0 Å². The van der Waals surface area contributed by atoms with Gasteiger partial charge in [0.05, 0.1) is 23.8 Å². The van der Waals surface area contributed by atoms with Crippen LogP contribution in [0, 0.1) is 20.8 Å². The van der Waals surface area contributed by atoms with E-state index in [0.29, 0.717) is 6.42 Å². The van der Waals surface area contributed by atoms with Crippen molar-refractivity contribution in [1.82, 2.24) is 15.1 Å². The van der Waals surface area contributed by atoms with Crippen LogP contribution in [0.5, 0.6) is 0 Å². The van der Waals surface area contributed by atoms with Crippen LogP contribution in [-0.4, -0.2) is 15.7 Å². The van der Waals surface area contributed by atoms with Crippen molar-refractivity contribution in [2.45, 2.75) is 33.2 Å². The largest absolute Gasteiger partial charge is 0.345 e. The molecule has 0 aliphatic carbocycles. The van der Waals surface area contributed by atoms with E-state index >= 15 is 0 Å². The Morgan fingerprint density at radius 2 is 1.42 bits per heavy atom. The average Bonchev–Trinajstić information content (AvgIpc) is 3.07. The quantitative estimate of drug-likeness (QED) is 0.473. The molecular formula is C27H27N3O. The Labute approximate surface area is 183 Å². The monoisotopic (exact) mass is 409 g/mol. The fourth-order valence-electron chi connectivity index (χ4n) is 3.89. The molecule has 0 radical (unpaired) electrons. The van der Waals surface area contributed by atoms with Gasteiger partial charge in [0.1, 0.15) is 0 Å². The number of carbonyl (C=O) groups excluding carboxylic acids is 1. The smallest absolute Gasteiger partial charge is 0.225 e. The van der Waals surface area contributed by atoms with Crippen LogP contribution in [0.25, 0.3) is 5.69 Å². The van der Waals surface area contributed by atoms with Gasteiger partial charge in [0.15, 0.2) is 0 Å². The lowest BCUT2D eigenvalue weighted by Crippen LogP contribution is -2.30. The number of hydrogen-bond acceptors (Lipinski definition) is 2. The predicted octanol–water partition coefficient (Wildman–Crippen LogP) is 5.25. The van der Waals surface area contributed by atoms with Crippen LogP contribution in [0.4, 0.5) is 0 Å².